The van der Waals surface area contributed by atoms with Crippen molar-refractivity contribution in [3.05, 3.63) is 53.6 Å². The van der Waals surface area contributed by atoms with E-state index < -0.39 is 0 Å². The maximum Gasteiger partial charge on any atom is 0.127 e. The third kappa shape index (κ3) is 3.27. The molecule has 2 aromatic rings. The fraction of sp³-hybridized carbons (Fsp3) is 0.429. The number of fused-ring (bicyclic) bond motifs is 1. The summed E-state index contributed by atoms with van der Waals surface area (Å²) in [6, 6.07) is 15.1. The summed E-state index contributed by atoms with van der Waals surface area (Å²) in [6.45, 7) is 2.58. The summed E-state index contributed by atoms with van der Waals surface area (Å²) in [5, 5.41) is 0. The maximum atomic E-state index is 6.00. The van der Waals surface area contributed by atoms with Crippen molar-refractivity contribution >= 4 is 0 Å². The molecule has 0 amide bonds. The molecule has 0 spiro atoms. The van der Waals surface area contributed by atoms with Crippen LogP contribution in [0.15, 0.2) is 42.5 Å². The van der Waals surface area contributed by atoms with E-state index in [4.69, 9.17) is 9.47 Å². The lowest BCUT2D eigenvalue weighted by Crippen LogP contribution is -2.37. The predicted octanol–water partition coefficient (Wildman–Crippen LogP) is 4.44. The maximum absolute atomic E-state index is 6.00. The van der Waals surface area contributed by atoms with Gasteiger partial charge in [-0.25, -0.2) is 0 Å². The molecule has 126 valence electrons. The second kappa shape index (κ2) is 6.86. The summed E-state index contributed by atoms with van der Waals surface area (Å²) < 4.78 is 11.2. The standard InChI is InChI=1S/C21H25NO2/c1-23-19-8-10-20(11-9-19)24-21-7-5-16-14-18(6-4-17(16)15-21)22-12-2-3-13-22/h5,7-11,15,18H,2-4,6,12-14H2,1H3. The molecular weight excluding hydrogens is 298 g/mol. The van der Waals surface area contributed by atoms with Gasteiger partial charge in [-0.1, -0.05) is 6.07 Å². The first-order valence-corrected chi connectivity index (χ1v) is 8.99. The smallest absolute Gasteiger partial charge is 0.127 e. The highest BCUT2D eigenvalue weighted by Gasteiger charge is 2.26. The molecule has 0 aromatic heterocycles. The van der Waals surface area contributed by atoms with Gasteiger partial charge in [-0.05, 0) is 92.7 Å². The summed E-state index contributed by atoms with van der Waals surface area (Å²) in [7, 11) is 1.68. The molecule has 1 fully saturated rings. The molecular formula is C21H25NO2. The number of likely N-dealkylation sites (tertiary alicyclic amines) is 1. The molecule has 0 radical (unpaired) electrons. The number of benzene rings is 2. The largest absolute Gasteiger partial charge is 0.497 e. The van der Waals surface area contributed by atoms with Crippen LogP contribution < -0.4 is 9.47 Å². The van der Waals surface area contributed by atoms with E-state index in [-0.39, 0.29) is 0 Å². The van der Waals surface area contributed by atoms with Gasteiger partial charge < -0.3 is 14.4 Å². The number of ether oxygens (including phenoxy) is 2. The van der Waals surface area contributed by atoms with Crippen LogP contribution in [0, 0.1) is 0 Å². The van der Waals surface area contributed by atoms with Crippen LogP contribution in [0.3, 0.4) is 0 Å². The monoisotopic (exact) mass is 323 g/mol. The highest BCUT2D eigenvalue weighted by Crippen LogP contribution is 2.31. The number of hydrogen-bond acceptors (Lipinski definition) is 3. The Morgan fingerprint density at radius 3 is 2.33 bits per heavy atom. The fourth-order valence-corrected chi connectivity index (χ4v) is 3.97. The van der Waals surface area contributed by atoms with Gasteiger partial charge in [0.15, 0.2) is 0 Å². The van der Waals surface area contributed by atoms with E-state index in [1.165, 1.54) is 49.9 Å². The van der Waals surface area contributed by atoms with E-state index in [1.807, 2.05) is 24.3 Å². The van der Waals surface area contributed by atoms with E-state index in [1.54, 1.807) is 7.11 Å². The van der Waals surface area contributed by atoms with E-state index in [2.05, 4.69) is 23.1 Å². The Labute approximate surface area is 144 Å². The van der Waals surface area contributed by atoms with Crippen LogP contribution in [-0.2, 0) is 12.8 Å². The van der Waals surface area contributed by atoms with Crippen molar-refractivity contribution in [2.45, 2.75) is 38.1 Å². The highest BCUT2D eigenvalue weighted by atomic mass is 16.5. The van der Waals surface area contributed by atoms with Gasteiger partial charge in [-0.2, -0.15) is 0 Å². The Morgan fingerprint density at radius 1 is 0.875 bits per heavy atom. The summed E-state index contributed by atoms with van der Waals surface area (Å²) in [5.74, 6) is 2.63. The van der Waals surface area contributed by atoms with Crippen LogP contribution in [-0.4, -0.2) is 31.1 Å². The minimum atomic E-state index is 0.744. The highest BCUT2D eigenvalue weighted by molar-refractivity contribution is 5.41. The van der Waals surface area contributed by atoms with Gasteiger partial charge in [0.05, 0.1) is 7.11 Å². The Kier molecular flexibility index (Phi) is 4.44. The van der Waals surface area contributed by atoms with Crippen LogP contribution in [0.2, 0.25) is 0 Å². The molecule has 0 bridgehead atoms. The van der Waals surface area contributed by atoms with Gasteiger partial charge in [0.25, 0.3) is 0 Å². The lowest BCUT2D eigenvalue weighted by atomic mass is 9.87. The third-order valence-corrected chi connectivity index (χ3v) is 5.33. The van der Waals surface area contributed by atoms with Crippen molar-refractivity contribution < 1.29 is 9.47 Å². The minimum absolute atomic E-state index is 0.744. The molecule has 1 atom stereocenters. The second-order valence-corrected chi connectivity index (χ2v) is 6.85. The lowest BCUT2D eigenvalue weighted by molar-refractivity contribution is 0.222. The molecule has 24 heavy (non-hydrogen) atoms. The average molecular weight is 323 g/mol. The molecule has 1 saturated heterocycles. The number of hydrogen-bond donors (Lipinski definition) is 0. The topological polar surface area (TPSA) is 21.7 Å². The number of nitrogens with zero attached hydrogens (tertiary/aromatic N) is 1. The molecule has 1 unspecified atom stereocenters. The number of rotatable bonds is 4. The van der Waals surface area contributed by atoms with Crippen molar-refractivity contribution in [3.8, 4) is 17.2 Å². The molecule has 1 heterocycles. The van der Waals surface area contributed by atoms with Crippen LogP contribution in [0.1, 0.15) is 30.4 Å². The molecule has 0 N–H and O–H groups in total. The first-order chi connectivity index (χ1) is 11.8. The zero-order chi connectivity index (χ0) is 16.4. The van der Waals surface area contributed by atoms with Crippen molar-refractivity contribution in [1.82, 2.24) is 4.90 Å². The summed E-state index contributed by atoms with van der Waals surface area (Å²) in [5.41, 5.74) is 2.96. The van der Waals surface area contributed by atoms with Crippen LogP contribution in [0.25, 0.3) is 0 Å². The van der Waals surface area contributed by atoms with Crippen molar-refractivity contribution in [3.63, 3.8) is 0 Å². The molecule has 4 rings (SSSR count). The van der Waals surface area contributed by atoms with E-state index >= 15 is 0 Å². The predicted molar refractivity (Wildman–Crippen MR) is 96.1 cm³/mol. The first kappa shape index (κ1) is 15.5. The quantitative estimate of drug-likeness (QED) is 0.830. The Bertz CT molecular complexity index is 689. The SMILES string of the molecule is COc1ccc(Oc2ccc3c(c2)CCC(N2CCCC2)C3)cc1. The molecule has 2 aromatic carbocycles. The normalized spacial score (nSPS) is 20.6. The van der Waals surface area contributed by atoms with Crippen LogP contribution in [0.4, 0.5) is 0 Å². The Morgan fingerprint density at radius 2 is 1.58 bits per heavy atom. The zero-order valence-corrected chi connectivity index (χ0v) is 14.3. The summed E-state index contributed by atoms with van der Waals surface area (Å²) >= 11 is 0. The summed E-state index contributed by atoms with van der Waals surface area (Å²) in [4.78, 5) is 2.69. The molecule has 1 aliphatic carbocycles. The Hall–Kier alpha value is -2.00. The van der Waals surface area contributed by atoms with Crippen molar-refractivity contribution in [2.24, 2.45) is 0 Å². The van der Waals surface area contributed by atoms with E-state index in [0.29, 0.717) is 0 Å². The third-order valence-electron chi connectivity index (χ3n) is 5.33. The average Bonchev–Trinajstić information content (AvgIpc) is 3.17. The zero-order valence-electron chi connectivity index (χ0n) is 14.3. The number of aryl methyl sites for hydroxylation is 1. The molecule has 1 aliphatic heterocycles. The van der Waals surface area contributed by atoms with E-state index in [0.717, 1.165) is 29.7 Å². The molecule has 3 nitrogen and oxygen atoms in total. The fourth-order valence-electron chi connectivity index (χ4n) is 3.97. The van der Waals surface area contributed by atoms with Gasteiger partial charge in [0, 0.05) is 6.04 Å². The van der Waals surface area contributed by atoms with Gasteiger partial charge >= 0.3 is 0 Å². The van der Waals surface area contributed by atoms with E-state index in [9.17, 15) is 0 Å². The van der Waals surface area contributed by atoms with Crippen LogP contribution >= 0.6 is 0 Å². The van der Waals surface area contributed by atoms with Crippen molar-refractivity contribution in [2.75, 3.05) is 20.2 Å². The van der Waals surface area contributed by atoms with Gasteiger partial charge in [-0.15, -0.1) is 0 Å². The van der Waals surface area contributed by atoms with Crippen LogP contribution in [0.5, 0.6) is 17.2 Å². The molecule has 3 heteroatoms. The van der Waals surface area contributed by atoms with Gasteiger partial charge in [0.1, 0.15) is 17.2 Å². The first-order valence-electron chi connectivity index (χ1n) is 8.99. The second-order valence-electron chi connectivity index (χ2n) is 6.85. The summed E-state index contributed by atoms with van der Waals surface area (Å²) in [6.07, 6.45) is 6.38. The lowest BCUT2D eigenvalue weighted by Gasteiger charge is -2.32. The molecule has 2 aliphatic rings. The minimum Gasteiger partial charge on any atom is -0.497 e. The Balaban J connectivity index is 1.45. The van der Waals surface area contributed by atoms with Gasteiger partial charge in [-0.3, -0.25) is 0 Å². The van der Waals surface area contributed by atoms with Gasteiger partial charge in [0.2, 0.25) is 0 Å². The number of methoxy groups -OCH3 is 1. The molecule has 0 saturated carbocycles. The van der Waals surface area contributed by atoms with Crippen molar-refractivity contribution in [1.29, 1.82) is 0 Å².